The molecule has 0 aromatic heterocycles. The summed E-state index contributed by atoms with van der Waals surface area (Å²) < 4.78 is 31.6. The molecule has 16 heavy (non-hydrogen) atoms. The summed E-state index contributed by atoms with van der Waals surface area (Å²) in [6.45, 7) is 1.79. The largest absolute Gasteiger partial charge is 0.394 e. The summed E-state index contributed by atoms with van der Waals surface area (Å²) in [4.78, 5) is 0. The van der Waals surface area contributed by atoms with Gasteiger partial charge in [0.1, 0.15) is 0 Å². The number of aliphatic hydroxyl groups excluding tert-OH is 1. The average Bonchev–Trinajstić information content (AvgIpc) is 2.15. The minimum Gasteiger partial charge on any atom is -0.387 e. The lowest BCUT2D eigenvalue weighted by Gasteiger charge is -2.13. The van der Waals surface area contributed by atoms with E-state index in [0.717, 1.165) is 5.56 Å². The van der Waals surface area contributed by atoms with Gasteiger partial charge in [-0.3, -0.25) is 9.11 Å². The maximum Gasteiger partial charge on any atom is 0.394 e. The summed E-state index contributed by atoms with van der Waals surface area (Å²) >= 11 is 0. The van der Waals surface area contributed by atoms with E-state index in [0.29, 0.717) is 0 Å². The lowest BCUT2D eigenvalue weighted by atomic mass is 10.0. The molecule has 0 aliphatic heterocycles. The molecule has 1 aromatic carbocycles. The zero-order valence-electron chi connectivity index (χ0n) is 8.69. The normalized spacial score (nSPS) is 14.6. The molecule has 0 saturated carbocycles. The van der Waals surface area contributed by atoms with Crippen LogP contribution < -0.4 is 5.73 Å². The number of rotatable bonds is 2. The standard InChI is InChI=1S/C9H13NO.H2O4S/c1-7(10)9(11)8-5-3-2-4-6-8;1-5(2,3)4/h2-7,9,11H,10H2,1H3;(H2,1,2,3,4)/t7-,9-;/m0./s1. The number of hydrogen-bond donors (Lipinski definition) is 4. The molecule has 0 aliphatic carbocycles. The fraction of sp³-hybridized carbons (Fsp3) is 0.333. The van der Waals surface area contributed by atoms with E-state index in [1.807, 2.05) is 30.3 Å². The minimum atomic E-state index is -4.67. The van der Waals surface area contributed by atoms with Crippen LogP contribution in [0.2, 0.25) is 0 Å². The van der Waals surface area contributed by atoms with Crippen molar-refractivity contribution in [1.82, 2.24) is 0 Å². The van der Waals surface area contributed by atoms with Crippen molar-refractivity contribution in [3.05, 3.63) is 35.9 Å². The molecule has 1 aromatic rings. The molecule has 0 spiro atoms. The molecule has 1 rings (SSSR count). The molecule has 0 heterocycles. The van der Waals surface area contributed by atoms with Gasteiger partial charge in [0.15, 0.2) is 0 Å². The van der Waals surface area contributed by atoms with Crippen LogP contribution in [-0.2, 0) is 10.4 Å². The lowest BCUT2D eigenvalue weighted by Crippen LogP contribution is -2.24. The highest BCUT2D eigenvalue weighted by molar-refractivity contribution is 7.79. The van der Waals surface area contributed by atoms with Crippen LogP contribution in [0, 0.1) is 0 Å². The van der Waals surface area contributed by atoms with Crippen LogP contribution in [0.25, 0.3) is 0 Å². The van der Waals surface area contributed by atoms with Crippen LogP contribution in [0.5, 0.6) is 0 Å². The highest BCUT2D eigenvalue weighted by Gasteiger charge is 2.10. The third-order valence-electron chi connectivity index (χ3n) is 1.64. The third kappa shape index (κ3) is 8.33. The average molecular weight is 249 g/mol. The second-order valence-corrected chi connectivity index (χ2v) is 4.06. The van der Waals surface area contributed by atoms with Crippen molar-refractivity contribution >= 4 is 10.4 Å². The van der Waals surface area contributed by atoms with E-state index in [4.69, 9.17) is 23.3 Å². The Labute approximate surface area is 94.3 Å². The quantitative estimate of drug-likeness (QED) is 0.563. The van der Waals surface area contributed by atoms with Crippen molar-refractivity contribution in [2.45, 2.75) is 19.1 Å². The van der Waals surface area contributed by atoms with Gasteiger partial charge in [0.05, 0.1) is 6.10 Å². The number of nitrogens with two attached hydrogens (primary N) is 1. The molecule has 6 nitrogen and oxygen atoms in total. The van der Waals surface area contributed by atoms with Gasteiger partial charge in [0.2, 0.25) is 0 Å². The molecule has 0 unspecified atom stereocenters. The minimum absolute atomic E-state index is 0.211. The summed E-state index contributed by atoms with van der Waals surface area (Å²) in [5.41, 5.74) is 6.40. The topological polar surface area (TPSA) is 121 Å². The van der Waals surface area contributed by atoms with Gasteiger partial charge in [0, 0.05) is 6.04 Å². The first kappa shape index (κ1) is 15.0. The molecule has 92 valence electrons. The summed E-state index contributed by atoms with van der Waals surface area (Å²) in [5, 5.41) is 9.47. The highest BCUT2D eigenvalue weighted by atomic mass is 32.3. The molecule has 0 radical (unpaired) electrons. The zero-order chi connectivity index (χ0) is 12.8. The van der Waals surface area contributed by atoms with Crippen molar-refractivity contribution in [3.63, 3.8) is 0 Å². The maximum absolute atomic E-state index is 9.47. The molecule has 0 amide bonds. The van der Waals surface area contributed by atoms with Crippen molar-refractivity contribution < 1.29 is 22.6 Å². The zero-order valence-corrected chi connectivity index (χ0v) is 9.50. The van der Waals surface area contributed by atoms with E-state index in [2.05, 4.69) is 0 Å². The smallest absolute Gasteiger partial charge is 0.387 e. The first-order valence-electron chi connectivity index (χ1n) is 4.40. The van der Waals surface area contributed by atoms with Crippen LogP contribution in [0.4, 0.5) is 0 Å². The van der Waals surface area contributed by atoms with Crippen LogP contribution in [0.15, 0.2) is 30.3 Å². The Morgan fingerprint density at radius 1 is 1.19 bits per heavy atom. The van der Waals surface area contributed by atoms with Gasteiger partial charge in [0.25, 0.3) is 0 Å². The number of hydrogen-bond acceptors (Lipinski definition) is 4. The van der Waals surface area contributed by atoms with E-state index >= 15 is 0 Å². The van der Waals surface area contributed by atoms with Crippen LogP contribution in [-0.4, -0.2) is 28.7 Å². The maximum atomic E-state index is 9.47. The predicted octanol–water partition coefficient (Wildman–Crippen LogP) is 0.414. The molecule has 0 aliphatic rings. The lowest BCUT2D eigenvalue weighted by molar-refractivity contribution is 0.153. The van der Waals surface area contributed by atoms with Gasteiger partial charge in [-0.1, -0.05) is 30.3 Å². The summed E-state index contributed by atoms with van der Waals surface area (Å²) in [7, 11) is -4.67. The number of aliphatic hydroxyl groups is 1. The molecule has 7 heteroatoms. The van der Waals surface area contributed by atoms with Crippen molar-refractivity contribution in [3.8, 4) is 0 Å². The Morgan fingerprint density at radius 2 is 1.56 bits per heavy atom. The fourth-order valence-electron chi connectivity index (χ4n) is 0.954. The van der Waals surface area contributed by atoms with Crippen LogP contribution >= 0.6 is 0 Å². The van der Waals surface area contributed by atoms with Gasteiger partial charge < -0.3 is 10.8 Å². The van der Waals surface area contributed by atoms with E-state index in [-0.39, 0.29) is 6.04 Å². The second-order valence-electron chi connectivity index (χ2n) is 3.16. The summed E-state index contributed by atoms with van der Waals surface area (Å²) in [6, 6.07) is 9.22. The SMILES string of the molecule is C[C@H](N)[C@H](O)c1ccccc1.O=S(=O)(O)O. The van der Waals surface area contributed by atoms with Crippen molar-refractivity contribution in [1.29, 1.82) is 0 Å². The monoisotopic (exact) mass is 249 g/mol. The van der Waals surface area contributed by atoms with E-state index in [1.165, 1.54) is 0 Å². The van der Waals surface area contributed by atoms with E-state index < -0.39 is 16.5 Å². The van der Waals surface area contributed by atoms with Crippen LogP contribution in [0.1, 0.15) is 18.6 Å². The summed E-state index contributed by atoms with van der Waals surface area (Å²) in [6.07, 6.45) is -0.545. The van der Waals surface area contributed by atoms with Gasteiger partial charge >= 0.3 is 10.4 Å². The Hall–Kier alpha value is -0.990. The first-order valence-corrected chi connectivity index (χ1v) is 5.80. The molecular formula is C9H15NO5S. The Kier molecular flexibility index (Phi) is 6.16. The molecule has 2 atom stereocenters. The molecular weight excluding hydrogens is 234 g/mol. The Balaban J connectivity index is 0.000000385. The molecule has 0 saturated heterocycles. The first-order chi connectivity index (χ1) is 7.22. The van der Waals surface area contributed by atoms with E-state index in [9.17, 15) is 5.11 Å². The van der Waals surface area contributed by atoms with Crippen LogP contribution in [0.3, 0.4) is 0 Å². The Morgan fingerprint density at radius 3 is 1.88 bits per heavy atom. The molecule has 0 fully saturated rings. The van der Waals surface area contributed by atoms with E-state index in [1.54, 1.807) is 6.92 Å². The second kappa shape index (κ2) is 6.56. The van der Waals surface area contributed by atoms with Gasteiger partial charge in [-0.25, -0.2) is 0 Å². The fourth-order valence-corrected chi connectivity index (χ4v) is 0.954. The van der Waals surface area contributed by atoms with Gasteiger partial charge in [-0.2, -0.15) is 8.42 Å². The molecule has 5 N–H and O–H groups in total. The van der Waals surface area contributed by atoms with Gasteiger partial charge in [-0.15, -0.1) is 0 Å². The number of benzene rings is 1. The van der Waals surface area contributed by atoms with Gasteiger partial charge in [-0.05, 0) is 12.5 Å². The van der Waals surface area contributed by atoms with Crippen molar-refractivity contribution in [2.24, 2.45) is 5.73 Å². The predicted molar refractivity (Wildman–Crippen MR) is 59.2 cm³/mol. The Bertz CT molecular complexity index is 382. The summed E-state index contributed by atoms with van der Waals surface area (Å²) in [5.74, 6) is 0. The van der Waals surface area contributed by atoms with Crippen molar-refractivity contribution in [2.75, 3.05) is 0 Å². The highest BCUT2D eigenvalue weighted by Crippen LogP contribution is 2.13. The third-order valence-corrected chi connectivity index (χ3v) is 1.64. The molecule has 0 bridgehead atoms.